The minimum absolute atomic E-state index is 0.124. The van der Waals surface area contributed by atoms with Crippen LogP contribution in [0.15, 0.2) is 42.5 Å². The number of carbonyl (C=O) groups excluding carboxylic acids is 2. The number of phenols is 1. The summed E-state index contributed by atoms with van der Waals surface area (Å²) in [7, 11) is 2.95. The van der Waals surface area contributed by atoms with Gasteiger partial charge >= 0.3 is 0 Å². The molecule has 4 N–H and O–H groups in total. The number of fused-ring (bicyclic) bond motifs is 4. The fourth-order valence-electron chi connectivity index (χ4n) is 3.69. The van der Waals surface area contributed by atoms with Gasteiger partial charge in [0, 0.05) is 25.2 Å². The van der Waals surface area contributed by atoms with Crippen LogP contribution in [-0.2, 0) is 9.59 Å². The lowest BCUT2D eigenvalue weighted by atomic mass is 10.1. The Kier molecular flexibility index (Phi) is 10.9. The van der Waals surface area contributed by atoms with Crippen molar-refractivity contribution in [2.75, 3.05) is 40.4 Å². The largest absolute Gasteiger partial charge is 0.502 e. The van der Waals surface area contributed by atoms with E-state index in [0.717, 1.165) is 38.8 Å². The van der Waals surface area contributed by atoms with Crippen LogP contribution in [0.1, 0.15) is 36.8 Å². The molecule has 37 heavy (non-hydrogen) atoms. The highest BCUT2D eigenvalue weighted by Gasteiger charge is 2.15. The molecule has 4 bridgehead atoms. The van der Waals surface area contributed by atoms with E-state index in [4.69, 9.17) is 14.2 Å². The van der Waals surface area contributed by atoms with E-state index in [1.165, 1.54) is 26.4 Å². The van der Waals surface area contributed by atoms with Crippen LogP contribution in [0.5, 0.6) is 28.7 Å². The average Bonchev–Trinajstić information content (AvgIpc) is 2.90. The molecule has 2 aromatic rings. The second kappa shape index (κ2) is 14.5. The Morgan fingerprint density at radius 2 is 1.27 bits per heavy atom. The quantitative estimate of drug-likeness (QED) is 0.488. The minimum atomic E-state index is -0.208. The van der Waals surface area contributed by atoms with Crippen LogP contribution < -0.4 is 30.2 Å². The third kappa shape index (κ3) is 8.88. The van der Waals surface area contributed by atoms with Crippen molar-refractivity contribution in [2.45, 2.75) is 25.7 Å². The van der Waals surface area contributed by atoms with E-state index in [2.05, 4.69) is 16.0 Å². The number of benzene rings is 2. The first-order valence-corrected chi connectivity index (χ1v) is 12.4. The summed E-state index contributed by atoms with van der Waals surface area (Å²) in [5.41, 5.74) is 1.31. The molecule has 0 fully saturated rings. The summed E-state index contributed by atoms with van der Waals surface area (Å²) in [6, 6.07) is 8.42. The number of rotatable bonds is 2. The Morgan fingerprint density at radius 3 is 1.89 bits per heavy atom. The second-order valence-corrected chi connectivity index (χ2v) is 8.50. The van der Waals surface area contributed by atoms with Gasteiger partial charge < -0.3 is 35.3 Å². The molecule has 0 aromatic heterocycles. The molecule has 0 aliphatic carbocycles. The lowest BCUT2D eigenvalue weighted by Crippen LogP contribution is -2.25. The number of nitrogens with one attached hydrogen (secondary N) is 3. The molecular weight excluding hydrogens is 474 g/mol. The van der Waals surface area contributed by atoms with Crippen molar-refractivity contribution in [3.8, 4) is 28.7 Å². The number of amides is 2. The molecular formula is C28H35N3O6. The molecule has 0 unspecified atom stereocenters. The van der Waals surface area contributed by atoms with Gasteiger partial charge in [0.25, 0.3) is 0 Å². The third-order valence-electron chi connectivity index (χ3n) is 5.70. The van der Waals surface area contributed by atoms with Crippen LogP contribution in [0.25, 0.3) is 12.2 Å². The normalized spacial score (nSPS) is 16.1. The maximum absolute atomic E-state index is 12.3. The lowest BCUT2D eigenvalue weighted by molar-refractivity contribution is -0.117. The Bertz CT molecular complexity index is 1130. The first kappa shape index (κ1) is 27.6. The number of methoxy groups -OCH3 is 2. The zero-order valence-electron chi connectivity index (χ0n) is 21.3. The molecule has 2 aromatic carbocycles. The predicted molar refractivity (Wildman–Crippen MR) is 143 cm³/mol. The topological polar surface area (TPSA) is 118 Å². The molecule has 0 radical (unpaired) electrons. The van der Waals surface area contributed by atoms with Gasteiger partial charge in [-0.15, -0.1) is 0 Å². The fourth-order valence-corrected chi connectivity index (χ4v) is 3.69. The fraction of sp³-hybridized carbons (Fsp3) is 0.357. The van der Waals surface area contributed by atoms with Gasteiger partial charge in [0.05, 0.1) is 14.2 Å². The molecule has 1 aliphatic rings. The summed E-state index contributed by atoms with van der Waals surface area (Å²) in [5, 5.41) is 19.8. The van der Waals surface area contributed by atoms with Crippen molar-refractivity contribution in [1.82, 2.24) is 16.0 Å². The van der Waals surface area contributed by atoms with Gasteiger partial charge in [-0.25, -0.2) is 0 Å². The molecule has 0 spiro atoms. The Labute approximate surface area is 217 Å². The van der Waals surface area contributed by atoms with E-state index in [0.29, 0.717) is 35.7 Å². The lowest BCUT2D eigenvalue weighted by Gasteiger charge is -2.14. The molecule has 9 heteroatoms. The first-order chi connectivity index (χ1) is 18.0. The maximum atomic E-state index is 12.3. The summed E-state index contributed by atoms with van der Waals surface area (Å²) in [6.07, 6.45) is 9.86. The van der Waals surface area contributed by atoms with Crippen LogP contribution >= 0.6 is 0 Å². The summed E-state index contributed by atoms with van der Waals surface area (Å²) in [5.74, 6) is 0.515. The van der Waals surface area contributed by atoms with E-state index in [-0.39, 0.29) is 29.1 Å². The summed E-state index contributed by atoms with van der Waals surface area (Å²) in [4.78, 5) is 24.5. The minimum Gasteiger partial charge on any atom is -0.502 e. The van der Waals surface area contributed by atoms with Gasteiger partial charge in [-0.2, -0.15) is 0 Å². The standard InChI is InChI=1S/C28H35N3O6/c1-35-22-10-7-20-8-11-26(32)30-15-5-3-13-29-14-4-6-16-31-27(33)12-9-21-18-24(36-2)28(34)25(19-21)37-23(22)17-20/h7-12,17-19,29,34H,3-6,13-16H2,1-2H3,(H,30,32)(H,31,33). The number of phenolic OH excluding ortho intramolecular Hbond substituents is 1. The van der Waals surface area contributed by atoms with Crippen molar-refractivity contribution in [3.63, 3.8) is 0 Å². The van der Waals surface area contributed by atoms with Crippen LogP contribution in [0.3, 0.4) is 0 Å². The SMILES string of the molecule is COc1ccc2cc1Oc1cc(cc(OC)c1O)C=CC(=O)NCCCCNCCCCNC(=O)C=C2. The van der Waals surface area contributed by atoms with Gasteiger partial charge in [0.15, 0.2) is 23.0 Å². The van der Waals surface area contributed by atoms with E-state index in [1.807, 2.05) is 0 Å². The maximum Gasteiger partial charge on any atom is 0.243 e. The number of hydrogen-bond acceptors (Lipinski definition) is 7. The highest BCUT2D eigenvalue weighted by Crippen LogP contribution is 2.42. The highest BCUT2D eigenvalue weighted by atomic mass is 16.5. The Morgan fingerprint density at radius 1 is 0.703 bits per heavy atom. The second-order valence-electron chi connectivity index (χ2n) is 8.50. The number of carbonyl (C=O) groups is 2. The molecule has 1 heterocycles. The van der Waals surface area contributed by atoms with Gasteiger partial charge in [-0.3, -0.25) is 9.59 Å². The van der Waals surface area contributed by atoms with Crippen molar-refractivity contribution in [3.05, 3.63) is 53.6 Å². The van der Waals surface area contributed by atoms with Crippen molar-refractivity contribution in [1.29, 1.82) is 0 Å². The monoisotopic (exact) mass is 509 g/mol. The summed E-state index contributed by atoms with van der Waals surface area (Å²) in [6.45, 7) is 2.93. The number of hydrogen-bond donors (Lipinski definition) is 4. The van der Waals surface area contributed by atoms with Crippen LogP contribution in [0, 0.1) is 0 Å². The van der Waals surface area contributed by atoms with E-state index in [1.54, 1.807) is 42.5 Å². The van der Waals surface area contributed by atoms with Gasteiger partial charge in [0.1, 0.15) is 0 Å². The summed E-state index contributed by atoms with van der Waals surface area (Å²) >= 11 is 0. The van der Waals surface area contributed by atoms with Crippen molar-refractivity contribution in [2.24, 2.45) is 0 Å². The van der Waals surface area contributed by atoms with Crippen molar-refractivity contribution < 1.29 is 28.9 Å². The molecule has 0 saturated carbocycles. The molecule has 0 atom stereocenters. The molecule has 0 saturated heterocycles. The number of ether oxygens (including phenoxy) is 3. The third-order valence-corrected chi connectivity index (χ3v) is 5.70. The molecule has 3 rings (SSSR count). The summed E-state index contributed by atoms with van der Waals surface area (Å²) < 4.78 is 16.7. The first-order valence-electron chi connectivity index (χ1n) is 12.4. The predicted octanol–water partition coefficient (Wildman–Crippen LogP) is 3.62. The molecule has 2 amide bonds. The number of aromatic hydroxyl groups is 1. The molecule has 1 aliphatic heterocycles. The Balaban J connectivity index is 1.89. The van der Waals surface area contributed by atoms with Gasteiger partial charge in [-0.1, -0.05) is 6.07 Å². The van der Waals surface area contributed by atoms with E-state index in [9.17, 15) is 14.7 Å². The Hall–Kier alpha value is -3.98. The van der Waals surface area contributed by atoms with E-state index < -0.39 is 0 Å². The zero-order chi connectivity index (χ0) is 26.5. The highest BCUT2D eigenvalue weighted by molar-refractivity contribution is 5.92. The average molecular weight is 510 g/mol. The van der Waals surface area contributed by atoms with Gasteiger partial charge in [0.2, 0.25) is 17.6 Å². The van der Waals surface area contributed by atoms with E-state index >= 15 is 0 Å². The zero-order valence-corrected chi connectivity index (χ0v) is 21.3. The van der Waals surface area contributed by atoms with Crippen LogP contribution in [0.4, 0.5) is 0 Å². The van der Waals surface area contributed by atoms with Gasteiger partial charge in [-0.05, 0) is 86.3 Å². The molecule has 198 valence electrons. The van der Waals surface area contributed by atoms with Crippen LogP contribution in [0.2, 0.25) is 0 Å². The smallest absolute Gasteiger partial charge is 0.243 e. The molecule has 9 nitrogen and oxygen atoms in total. The van der Waals surface area contributed by atoms with Crippen molar-refractivity contribution >= 4 is 24.0 Å². The van der Waals surface area contributed by atoms with Crippen LogP contribution in [-0.4, -0.2) is 57.3 Å².